The second-order valence-electron chi connectivity index (χ2n) is 5.88. The first-order valence-electron chi connectivity index (χ1n) is 8.24. The van der Waals surface area contributed by atoms with Crippen molar-refractivity contribution < 1.29 is 19.4 Å². The van der Waals surface area contributed by atoms with Gasteiger partial charge in [-0.15, -0.1) is 11.3 Å². The zero-order valence-electron chi connectivity index (χ0n) is 14.3. The number of hydrogen-bond donors (Lipinski definition) is 2. The summed E-state index contributed by atoms with van der Waals surface area (Å²) in [5, 5.41) is 12.7. The van der Waals surface area contributed by atoms with E-state index in [4.69, 9.17) is 10.5 Å². The summed E-state index contributed by atoms with van der Waals surface area (Å²) >= 11 is 1.44. The summed E-state index contributed by atoms with van der Waals surface area (Å²) in [7, 11) is 1.55. The van der Waals surface area contributed by atoms with E-state index in [2.05, 4.69) is 0 Å². The predicted octanol–water partition coefficient (Wildman–Crippen LogP) is 2.53. The van der Waals surface area contributed by atoms with Crippen LogP contribution in [0.15, 0.2) is 47.4 Å². The molecule has 1 aromatic carbocycles. The monoisotopic (exact) mass is 372 g/mol. The molecule has 6 nitrogen and oxygen atoms in total. The molecule has 0 bridgehead atoms. The van der Waals surface area contributed by atoms with E-state index in [1.807, 2.05) is 17.5 Å². The van der Waals surface area contributed by atoms with Gasteiger partial charge in [0.2, 0.25) is 0 Å². The molecule has 0 spiro atoms. The Morgan fingerprint density at radius 2 is 2.00 bits per heavy atom. The number of carbonyl (C=O) groups excluding carboxylic acids is 2. The molecule has 26 heavy (non-hydrogen) atoms. The molecule has 1 atom stereocenters. The fraction of sp³-hybridized carbons (Fsp3) is 0.263. The number of likely N-dealkylation sites (tertiary alicyclic amines) is 1. The molecule has 0 aliphatic carbocycles. The number of thiophene rings is 1. The van der Waals surface area contributed by atoms with E-state index in [9.17, 15) is 14.7 Å². The average Bonchev–Trinajstić information content (AvgIpc) is 3.27. The number of rotatable bonds is 6. The van der Waals surface area contributed by atoms with Crippen molar-refractivity contribution in [2.24, 2.45) is 5.73 Å². The highest BCUT2D eigenvalue weighted by Gasteiger charge is 2.46. The number of amides is 1. The Labute approximate surface area is 155 Å². The third-order valence-corrected chi connectivity index (χ3v) is 5.24. The lowest BCUT2D eigenvalue weighted by Gasteiger charge is -2.23. The lowest BCUT2D eigenvalue weighted by molar-refractivity contribution is -0.139. The van der Waals surface area contributed by atoms with Crippen molar-refractivity contribution in [3.63, 3.8) is 0 Å². The summed E-state index contributed by atoms with van der Waals surface area (Å²) in [5.41, 5.74) is 6.14. The third kappa shape index (κ3) is 3.23. The summed E-state index contributed by atoms with van der Waals surface area (Å²) in [6.45, 7) is 0.779. The third-order valence-electron chi connectivity index (χ3n) is 4.32. The molecule has 1 saturated heterocycles. The van der Waals surface area contributed by atoms with E-state index in [1.165, 1.54) is 16.2 Å². The maximum absolute atomic E-state index is 12.7. The summed E-state index contributed by atoms with van der Waals surface area (Å²) < 4.78 is 5.12. The first kappa shape index (κ1) is 18.2. The van der Waals surface area contributed by atoms with Gasteiger partial charge in [0.25, 0.3) is 11.7 Å². The second-order valence-corrected chi connectivity index (χ2v) is 6.86. The minimum Gasteiger partial charge on any atom is -0.507 e. The molecule has 0 unspecified atom stereocenters. The molecule has 0 saturated carbocycles. The molecule has 1 aliphatic heterocycles. The molecule has 1 aromatic heterocycles. The van der Waals surface area contributed by atoms with Gasteiger partial charge in [-0.3, -0.25) is 9.59 Å². The highest BCUT2D eigenvalue weighted by Crippen LogP contribution is 2.41. The number of benzene rings is 1. The van der Waals surface area contributed by atoms with Crippen LogP contribution in [0.4, 0.5) is 0 Å². The first-order chi connectivity index (χ1) is 12.6. The van der Waals surface area contributed by atoms with Crippen LogP contribution in [0.25, 0.3) is 5.76 Å². The van der Waals surface area contributed by atoms with E-state index in [0.29, 0.717) is 30.8 Å². The van der Waals surface area contributed by atoms with E-state index >= 15 is 0 Å². The molecule has 0 radical (unpaired) electrons. The fourth-order valence-corrected chi connectivity index (χ4v) is 3.86. The molecular formula is C19H20N2O4S. The molecule has 2 aromatic rings. The Hall–Kier alpha value is -2.64. The summed E-state index contributed by atoms with van der Waals surface area (Å²) in [6.07, 6.45) is 0.581. The molecule has 2 heterocycles. The Morgan fingerprint density at radius 1 is 1.27 bits per heavy atom. The number of nitrogens with two attached hydrogens (primary N) is 1. The number of aliphatic hydroxyl groups excluding tert-OH is 1. The number of nitrogens with zero attached hydrogens (tertiary/aromatic N) is 1. The van der Waals surface area contributed by atoms with Crippen LogP contribution in [0.5, 0.6) is 5.75 Å². The number of hydrogen-bond acceptors (Lipinski definition) is 6. The molecule has 3 rings (SSSR count). The average molecular weight is 372 g/mol. The standard InChI is InChI=1S/C19H20N2O4S/c1-25-13-7-5-12(6-8-13)17(22)15-16(14-4-2-11-26-14)21(10-3-9-20)19(24)18(15)23/h2,4-8,11,16,22H,3,9-10,20H2,1H3/t16-/m0/s1. The van der Waals surface area contributed by atoms with E-state index < -0.39 is 17.7 Å². The highest BCUT2D eigenvalue weighted by molar-refractivity contribution is 7.10. The molecule has 136 valence electrons. The van der Waals surface area contributed by atoms with Gasteiger partial charge >= 0.3 is 0 Å². The van der Waals surface area contributed by atoms with Crippen molar-refractivity contribution in [2.75, 3.05) is 20.2 Å². The topological polar surface area (TPSA) is 92.9 Å². The number of carbonyl (C=O) groups is 2. The number of Topliss-reactive ketones (excluding diaryl/α,β-unsaturated/α-hetero) is 1. The second kappa shape index (κ2) is 7.72. The minimum atomic E-state index is -0.672. The van der Waals surface area contributed by atoms with Crippen LogP contribution >= 0.6 is 11.3 Å². The van der Waals surface area contributed by atoms with Crippen LogP contribution in [0.2, 0.25) is 0 Å². The van der Waals surface area contributed by atoms with E-state index in [0.717, 1.165) is 4.88 Å². The Balaban J connectivity index is 2.09. The van der Waals surface area contributed by atoms with Gasteiger partial charge in [0.1, 0.15) is 11.5 Å². The van der Waals surface area contributed by atoms with Gasteiger partial charge in [-0.1, -0.05) is 6.07 Å². The van der Waals surface area contributed by atoms with Crippen molar-refractivity contribution in [2.45, 2.75) is 12.5 Å². The SMILES string of the molecule is COc1ccc(C(O)=C2C(=O)C(=O)N(CCCN)[C@H]2c2cccs2)cc1. The number of methoxy groups -OCH3 is 1. The van der Waals surface area contributed by atoms with Crippen LogP contribution < -0.4 is 10.5 Å². The minimum absolute atomic E-state index is 0.111. The largest absolute Gasteiger partial charge is 0.507 e. The predicted molar refractivity (Wildman–Crippen MR) is 100.0 cm³/mol. The molecular weight excluding hydrogens is 352 g/mol. The van der Waals surface area contributed by atoms with E-state index in [1.54, 1.807) is 31.4 Å². The van der Waals surface area contributed by atoms with Gasteiger partial charge in [-0.05, 0) is 48.7 Å². The van der Waals surface area contributed by atoms with Crippen molar-refractivity contribution in [1.29, 1.82) is 0 Å². The molecule has 3 N–H and O–H groups in total. The van der Waals surface area contributed by atoms with Gasteiger partial charge in [0, 0.05) is 17.0 Å². The fourth-order valence-electron chi connectivity index (χ4n) is 3.02. The van der Waals surface area contributed by atoms with Crippen molar-refractivity contribution >= 4 is 28.8 Å². The molecule has 7 heteroatoms. The smallest absolute Gasteiger partial charge is 0.295 e. The number of aliphatic hydroxyl groups is 1. The van der Waals surface area contributed by atoms with Gasteiger partial charge in [0.15, 0.2) is 0 Å². The van der Waals surface area contributed by atoms with Gasteiger partial charge in [-0.2, -0.15) is 0 Å². The summed E-state index contributed by atoms with van der Waals surface area (Å²) in [4.78, 5) is 27.5. The van der Waals surface area contributed by atoms with E-state index in [-0.39, 0.29) is 11.3 Å². The van der Waals surface area contributed by atoms with Crippen molar-refractivity contribution in [3.8, 4) is 5.75 Å². The Morgan fingerprint density at radius 3 is 2.58 bits per heavy atom. The van der Waals surface area contributed by atoms with Gasteiger partial charge in [-0.25, -0.2) is 0 Å². The summed E-state index contributed by atoms with van der Waals surface area (Å²) in [5.74, 6) is -0.819. The van der Waals surface area contributed by atoms with Gasteiger partial charge in [0.05, 0.1) is 18.7 Å². The van der Waals surface area contributed by atoms with Crippen LogP contribution in [0.1, 0.15) is 22.9 Å². The van der Waals surface area contributed by atoms with Crippen LogP contribution in [0.3, 0.4) is 0 Å². The number of ketones is 1. The van der Waals surface area contributed by atoms with Gasteiger partial charge < -0.3 is 20.5 Å². The maximum Gasteiger partial charge on any atom is 0.295 e. The molecule has 1 amide bonds. The normalized spacial score (nSPS) is 19.2. The maximum atomic E-state index is 12.7. The zero-order chi connectivity index (χ0) is 18.7. The van der Waals surface area contributed by atoms with Crippen LogP contribution in [-0.4, -0.2) is 41.9 Å². The lowest BCUT2D eigenvalue weighted by Crippen LogP contribution is -2.31. The Bertz CT molecular complexity index is 828. The van der Waals surface area contributed by atoms with Crippen molar-refractivity contribution in [3.05, 3.63) is 57.8 Å². The first-order valence-corrected chi connectivity index (χ1v) is 9.12. The molecule has 1 aliphatic rings. The summed E-state index contributed by atoms with van der Waals surface area (Å²) in [6, 6.07) is 9.83. The zero-order valence-corrected chi connectivity index (χ0v) is 15.2. The highest BCUT2D eigenvalue weighted by atomic mass is 32.1. The lowest BCUT2D eigenvalue weighted by atomic mass is 10.00. The Kier molecular flexibility index (Phi) is 5.39. The van der Waals surface area contributed by atoms with Crippen LogP contribution in [0, 0.1) is 0 Å². The quantitative estimate of drug-likeness (QED) is 0.462. The van der Waals surface area contributed by atoms with Crippen LogP contribution in [-0.2, 0) is 9.59 Å². The van der Waals surface area contributed by atoms with Crippen molar-refractivity contribution in [1.82, 2.24) is 4.90 Å². The molecule has 1 fully saturated rings. The number of ether oxygens (including phenoxy) is 1.